The highest BCUT2D eigenvalue weighted by atomic mass is 16.2. The van der Waals surface area contributed by atoms with Crippen molar-refractivity contribution < 1.29 is 4.79 Å². The molecule has 0 aromatic heterocycles. The minimum absolute atomic E-state index is 0.186. The van der Waals surface area contributed by atoms with Crippen LogP contribution in [0.5, 0.6) is 0 Å². The maximum atomic E-state index is 12.4. The number of carbonyl (C=O) groups excluding carboxylic acids is 1. The van der Waals surface area contributed by atoms with Crippen molar-refractivity contribution in [3.63, 3.8) is 0 Å². The van der Waals surface area contributed by atoms with E-state index in [2.05, 4.69) is 53.5 Å². The Morgan fingerprint density at radius 2 is 1.52 bits per heavy atom. The van der Waals surface area contributed by atoms with Gasteiger partial charge in [-0.15, -0.1) is 0 Å². The van der Waals surface area contributed by atoms with E-state index < -0.39 is 0 Å². The molecule has 29 heavy (non-hydrogen) atoms. The number of amides is 1. The van der Waals surface area contributed by atoms with E-state index in [1.54, 1.807) is 0 Å². The fraction of sp³-hybridized carbons (Fsp3) is 0.440. The van der Waals surface area contributed by atoms with E-state index in [1.807, 2.05) is 31.2 Å². The van der Waals surface area contributed by atoms with Crippen LogP contribution in [-0.2, 0) is 0 Å². The first-order chi connectivity index (χ1) is 14.1. The predicted molar refractivity (Wildman–Crippen MR) is 122 cm³/mol. The second-order valence-electron chi connectivity index (χ2n) is 7.81. The third-order valence-corrected chi connectivity index (χ3v) is 5.99. The number of nitrogens with zero attached hydrogens (tertiary/aromatic N) is 2. The molecule has 2 aromatic carbocycles. The Labute approximate surface area is 175 Å². The number of hydrogen-bond donors (Lipinski definition) is 1. The molecule has 4 heteroatoms. The Morgan fingerprint density at radius 3 is 2.10 bits per heavy atom. The summed E-state index contributed by atoms with van der Waals surface area (Å²) in [5, 5.41) is 4.31. The van der Waals surface area contributed by atoms with Gasteiger partial charge in [-0.1, -0.05) is 43.5 Å². The zero-order valence-electron chi connectivity index (χ0n) is 17.9. The predicted octanol–water partition coefficient (Wildman–Crippen LogP) is 5.73. The van der Waals surface area contributed by atoms with Crippen LogP contribution >= 0.6 is 0 Å². The first-order valence-electron chi connectivity index (χ1n) is 10.9. The first kappa shape index (κ1) is 21.1. The van der Waals surface area contributed by atoms with E-state index >= 15 is 0 Å². The van der Waals surface area contributed by atoms with Crippen LogP contribution in [0.2, 0.25) is 0 Å². The maximum Gasteiger partial charge on any atom is 0.271 e. The topological polar surface area (TPSA) is 44.7 Å². The van der Waals surface area contributed by atoms with E-state index in [4.69, 9.17) is 0 Å². The molecule has 1 N–H and O–H groups in total. The molecule has 3 rings (SSSR count). The molecule has 4 nitrogen and oxygen atoms in total. The van der Waals surface area contributed by atoms with E-state index in [9.17, 15) is 4.79 Å². The molecule has 0 bridgehead atoms. The standard InChI is InChI=1S/C25H33N3O/c1-4-28(5-2)24-17-15-23(16-18-24)25(29)27-26-19(3)20-11-13-22(14-12-20)21-9-7-6-8-10-21/h11-18,21H,4-10H2,1-3H3,(H,27,29)/b26-19+. The number of nitrogens with one attached hydrogen (secondary N) is 1. The summed E-state index contributed by atoms with van der Waals surface area (Å²) in [6.45, 7) is 8.09. The number of anilines is 1. The molecule has 1 aliphatic rings. The fourth-order valence-electron chi connectivity index (χ4n) is 4.11. The molecule has 1 aliphatic carbocycles. The molecule has 1 saturated carbocycles. The van der Waals surface area contributed by atoms with Crippen molar-refractivity contribution in [1.29, 1.82) is 0 Å². The number of carbonyl (C=O) groups is 1. The van der Waals surface area contributed by atoms with Crippen molar-refractivity contribution in [1.82, 2.24) is 5.43 Å². The number of benzene rings is 2. The lowest BCUT2D eigenvalue weighted by atomic mass is 9.84. The van der Waals surface area contributed by atoms with Gasteiger partial charge in [-0.05, 0) is 74.9 Å². The Balaban J connectivity index is 1.60. The third kappa shape index (κ3) is 5.47. The fourth-order valence-corrected chi connectivity index (χ4v) is 4.11. The molecule has 0 spiro atoms. The SMILES string of the molecule is CCN(CC)c1ccc(C(=O)N/N=C(\C)c2ccc(C3CCCCC3)cc2)cc1. The van der Waals surface area contributed by atoms with Crippen molar-refractivity contribution in [3.05, 3.63) is 65.2 Å². The van der Waals surface area contributed by atoms with Crippen LogP contribution in [0.25, 0.3) is 0 Å². The number of hydrogen-bond acceptors (Lipinski definition) is 3. The Kier molecular flexibility index (Phi) is 7.45. The van der Waals surface area contributed by atoms with Crippen LogP contribution in [0.15, 0.2) is 53.6 Å². The molecular weight excluding hydrogens is 358 g/mol. The van der Waals surface area contributed by atoms with Gasteiger partial charge in [0.1, 0.15) is 0 Å². The van der Waals surface area contributed by atoms with Gasteiger partial charge in [0.25, 0.3) is 5.91 Å². The van der Waals surface area contributed by atoms with E-state index in [1.165, 1.54) is 37.7 Å². The lowest BCUT2D eigenvalue weighted by molar-refractivity contribution is 0.0955. The lowest BCUT2D eigenvalue weighted by Crippen LogP contribution is -2.22. The van der Waals surface area contributed by atoms with Crippen LogP contribution in [0, 0.1) is 0 Å². The van der Waals surface area contributed by atoms with Crippen LogP contribution in [0.3, 0.4) is 0 Å². The molecule has 0 atom stereocenters. The van der Waals surface area contributed by atoms with Gasteiger partial charge >= 0.3 is 0 Å². The number of hydrazone groups is 1. The third-order valence-electron chi connectivity index (χ3n) is 5.99. The smallest absolute Gasteiger partial charge is 0.271 e. The highest BCUT2D eigenvalue weighted by molar-refractivity contribution is 6.00. The van der Waals surface area contributed by atoms with Gasteiger partial charge in [-0.2, -0.15) is 5.10 Å². The molecule has 0 heterocycles. The van der Waals surface area contributed by atoms with Crippen LogP contribution in [-0.4, -0.2) is 24.7 Å². The Hall–Kier alpha value is -2.62. The lowest BCUT2D eigenvalue weighted by Gasteiger charge is -2.22. The Morgan fingerprint density at radius 1 is 0.931 bits per heavy atom. The number of rotatable bonds is 7. The summed E-state index contributed by atoms with van der Waals surface area (Å²) in [5.41, 5.74) is 7.72. The highest BCUT2D eigenvalue weighted by Gasteiger charge is 2.15. The summed E-state index contributed by atoms with van der Waals surface area (Å²) in [6, 6.07) is 16.4. The van der Waals surface area contributed by atoms with E-state index in [-0.39, 0.29) is 5.91 Å². The molecule has 1 fully saturated rings. The molecule has 154 valence electrons. The van der Waals surface area contributed by atoms with Gasteiger partial charge in [0, 0.05) is 24.3 Å². The second-order valence-corrected chi connectivity index (χ2v) is 7.81. The summed E-state index contributed by atoms with van der Waals surface area (Å²) in [7, 11) is 0. The highest BCUT2D eigenvalue weighted by Crippen LogP contribution is 2.32. The second kappa shape index (κ2) is 10.2. The van der Waals surface area contributed by atoms with Crippen molar-refractivity contribution in [3.8, 4) is 0 Å². The monoisotopic (exact) mass is 391 g/mol. The molecule has 2 aromatic rings. The van der Waals surface area contributed by atoms with Crippen molar-refractivity contribution in [2.45, 2.75) is 58.8 Å². The van der Waals surface area contributed by atoms with Gasteiger partial charge in [-0.3, -0.25) is 4.79 Å². The average molecular weight is 392 g/mol. The van der Waals surface area contributed by atoms with Crippen molar-refractivity contribution in [2.75, 3.05) is 18.0 Å². The quantitative estimate of drug-likeness (QED) is 0.483. The summed E-state index contributed by atoms with van der Waals surface area (Å²) in [5.74, 6) is 0.517. The van der Waals surface area contributed by atoms with Crippen molar-refractivity contribution >= 4 is 17.3 Å². The van der Waals surface area contributed by atoms with Crippen LogP contribution in [0.4, 0.5) is 5.69 Å². The van der Waals surface area contributed by atoms with Crippen LogP contribution < -0.4 is 10.3 Å². The van der Waals surface area contributed by atoms with Gasteiger partial charge in [0.2, 0.25) is 0 Å². The average Bonchev–Trinajstić information content (AvgIpc) is 2.79. The van der Waals surface area contributed by atoms with E-state index in [0.717, 1.165) is 30.1 Å². The summed E-state index contributed by atoms with van der Waals surface area (Å²) in [4.78, 5) is 14.7. The Bertz CT molecular complexity index is 814. The van der Waals surface area contributed by atoms with E-state index in [0.29, 0.717) is 11.5 Å². The minimum atomic E-state index is -0.186. The summed E-state index contributed by atoms with van der Waals surface area (Å²) < 4.78 is 0. The van der Waals surface area contributed by atoms with Gasteiger partial charge < -0.3 is 4.90 Å². The molecule has 0 radical (unpaired) electrons. The zero-order valence-corrected chi connectivity index (χ0v) is 17.9. The molecule has 0 aliphatic heterocycles. The summed E-state index contributed by atoms with van der Waals surface area (Å²) >= 11 is 0. The van der Waals surface area contributed by atoms with Gasteiger partial charge in [0.15, 0.2) is 0 Å². The van der Waals surface area contributed by atoms with Gasteiger partial charge in [-0.25, -0.2) is 5.43 Å². The molecular formula is C25H33N3O. The maximum absolute atomic E-state index is 12.4. The zero-order chi connectivity index (χ0) is 20.6. The largest absolute Gasteiger partial charge is 0.372 e. The molecule has 1 amide bonds. The summed E-state index contributed by atoms with van der Waals surface area (Å²) in [6.07, 6.45) is 6.66. The van der Waals surface area contributed by atoms with Gasteiger partial charge in [0.05, 0.1) is 5.71 Å². The molecule has 0 saturated heterocycles. The normalized spacial score (nSPS) is 15.2. The van der Waals surface area contributed by atoms with Crippen LogP contribution in [0.1, 0.15) is 80.3 Å². The first-order valence-corrected chi connectivity index (χ1v) is 10.9. The minimum Gasteiger partial charge on any atom is -0.372 e. The molecule has 0 unspecified atom stereocenters. The van der Waals surface area contributed by atoms with Crippen molar-refractivity contribution in [2.24, 2.45) is 5.10 Å².